The van der Waals surface area contributed by atoms with Gasteiger partial charge in [-0.3, -0.25) is 0 Å². The van der Waals surface area contributed by atoms with Crippen LogP contribution in [0.5, 0.6) is 5.75 Å². The van der Waals surface area contributed by atoms with Gasteiger partial charge in [-0.2, -0.15) is 0 Å². The number of rotatable bonds is 8. The second kappa shape index (κ2) is 11.1. The number of piperidine rings is 1. The summed E-state index contributed by atoms with van der Waals surface area (Å²) in [6, 6.07) is 11.3. The molecule has 3 rings (SSSR count). The van der Waals surface area contributed by atoms with E-state index in [1.54, 1.807) is 30.9 Å². The molecule has 31 heavy (non-hydrogen) atoms. The van der Waals surface area contributed by atoms with Gasteiger partial charge in [-0.1, -0.05) is 38.1 Å². The third-order valence-electron chi connectivity index (χ3n) is 5.24. The van der Waals surface area contributed by atoms with Crippen molar-refractivity contribution in [3.8, 4) is 5.75 Å². The summed E-state index contributed by atoms with van der Waals surface area (Å²) in [5, 5.41) is 2.52. The lowest BCUT2D eigenvalue weighted by Crippen LogP contribution is -2.49. The fourth-order valence-electron chi connectivity index (χ4n) is 3.45. The van der Waals surface area contributed by atoms with Crippen LogP contribution in [0.4, 0.5) is 9.18 Å². The standard InChI is InChI=1S/C25H34FN3O2/c1-19(2)18-31-24-10-6-20(7-11-24)16-27-25(30)29(23-12-14-28(3)15-13-23)17-21-4-8-22(26)9-5-21/h4-11,19,23H,12-18H2,1-3H3,(H,27,30)/i16D2,18D2. The van der Waals surface area contributed by atoms with Crippen LogP contribution in [-0.4, -0.2) is 48.6 Å². The molecule has 2 amide bonds. The zero-order valence-corrected chi connectivity index (χ0v) is 18.4. The number of nitrogens with zero attached hydrogens (tertiary/aromatic N) is 2. The Bertz CT molecular complexity index is 979. The van der Waals surface area contributed by atoms with Gasteiger partial charge < -0.3 is 19.9 Å². The van der Waals surface area contributed by atoms with Gasteiger partial charge >= 0.3 is 6.03 Å². The highest BCUT2D eigenvalue weighted by Gasteiger charge is 2.27. The van der Waals surface area contributed by atoms with Crippen LogP contribution in [0.1, 0.15) is 43.3 Å². The molecule has 1 saturated heterocycles. The fourth-order valence-corrected chi connectivity index (χ4v) is 3.45. The van der Waals surface area contributed by atoms with Gasteiger partial charge in [0.25, 0.3) is 0 Å². The average Bonchev–Trinajstić information content (AvgIpc) is 2.79. The van der Waals surface area contributed by atoms with E-state index in [1.165, 1.54) is 36.4 Å². The number of likely N-dealkylation sites (tertiary alicyclic amines) is 1. The lowest BCUT2D eigenvalue weighted by atomic mass is 10.0. The van der Waals surface area contributed by atoms with E-state index in [-0.39, 0.29) is 35.6 Å². The Labute approximate surface area is 190 Å². The van der Waals surface area contributed by atoms with E-state index in [1.807, 2.05) is 7.05 Å². The average molecular weight is 432 g/mol. The number of nitrogens with one attached hydrogen (secondary N) is 1. The van der Waals surface area contributed by atoms with Gasteiger partial charge in [0.15, 0.2) is 0 Å². The second-order valence-electron chi connectivity index (χ2n) is 8.24. The van der Waals surface area contributed by atoms with Crippen molar-refractivity contribution in [2.24, 2.45) is 5.92 Å². The third-order valence-corrected chi connectivity index (χ3v) is 5.24. The first-order valence-corrected chi connectivity index (χ1v) is 10.7. The summed E-state index contributed by atoms with van der Waals surface area (Å²) in [7, 11) is 2.03. The van der Waals surface area contributed by atoms with Crippen molar-refractivity contribution in [3.05, 3.63) is 65.5 Å². The van der Waals surface area contributed by atoms with Crippen LogP contribution < -0.4 is 10.1 Å². The highest BCUT2D eigenvalue weighted by molar-refractivity contribution is 5.74. The quantitative estimate of drug-likeness (QED) is 0.661. The maximum atomic E-state index is 13.4. The van der Waals surface area contributed by atoms with Crippen molar-refractivity contribution >= 4 is 6.03 Å². The minimum atomic E-state index is -2.17. The van der Waals surface area contributed by atoms with Crippen LogP contribution in [0.15, 0.2) is 48.5 Å². The number of carbonyl (C=O) groups excluding carboxylic acids is 1. The van der Waals surface area contributed by atoms with E-state index >= 15 is 0 Å². The van der Waals surface area contributed by atoms with Crippen LogP contribution in [0.2, 0.25) is 0 Å². The van der Waals surface area contributed by atoms with Gasteiger partial charge in [-0.25, -0.2) is 9.18 Å². The predicted octanol–water partition coefficient (Wildman–Crippen LogP) is 4.67. The van der Waals surface area contributed by atoms with Gasteiger partial charge in [0, 0.05) is 19.1 Å². The first kappa shape index (κ1) is 18.0. The molecular formula is C25H34FN3O2. The molecule has 1 N–H and O–H groups in total. The van der Waals surface area contributed by atoms with Crippen molar-refractivity contribution in [2.45, 2.75) is 45.8 Å². The van der Waals surface area contributed by atoms with Crippen molar-refractivity contribution in [2.75, 3.05) is 26.7 Å². The van der Waals surface area contributed by atoms with Gasteiger partial charge in [-0.15, -0.1) is 0 Å². The van der Waals surface area contributed by atoms with E-state index in [9.17, 15) is 9.18 Å². The molecule has 1 aliphatic rings. The molecule has 0 radical (unpaired) electrons. The molecule has 2 aromatic carbocycles. The zero-order chi connectivity index (χ0) is 25.8. The number of carbonyl (C=O) groups is 1. The third kappa shape index (κ3) is 7.24. The largest absolute Gasteiger partial charge is 0.493 e. The number of urea groups is 1. The Morgan fingerprint density at radius 3 is 2.39 bits per heavy atom. The van der Waals surface area contributed by atoms with Crippen LogP contribution in [-0.2, 0) is 13.0 Å². The molecule has 0 spiro atoms. The van der Waals surface area contributed by atoms with Crippen molar-refractivity contribution in [1.82, 2.24) is 15.1 Å². The number of hydrogen-bond donors (Lipinski definition) is 1. The molecule has 0 aliphatic carbocycles. The lowest BCUT2D eigenvalue weighted by molar-refractivity contribution is 0.127. The molecule has 6 heteroatoms. The van der Waals surface area contributed by atoms with E-state index in [2.05, 4.69) is 10.2 Å². The van der Waals surface area contributed by atoms with E-state index in [4.69, 9.17) is 10.2 Å². The molecule has 1 heterocycles. The maximum Gasteiger partial charge on any atom is 0.318 e. The summed E-state index contributed by atoms with van der Waals surface area (Å²) in [6.45, 7) is 1.30. The minimum absolute atomic E-state index is 0.0684. The van der Waals surface area contributed by atoms with E-state index < -0.39 is 19.1 Å². The Morgan fingerprint density at radius 1 is 1.16 bits per heavy atom. The van der Waals surface area contributed by atoms with Crippen LogP contribution in [0, 0.1) is 11.7 Å². The summed E-state index contributed by atoms with van der Waals surface area (Å²) in [4.78, 5) is 17.1. The van der Waals surface area contributed by atoms with Crippen LogP contribution in [0.3, 0.4) is 0 Å². The molecule has 0 saturated carbocycles. The molecule has 0 bridgehead atoms. The first-order chi connectivity index (χ1) is 16.4. The summed E-state index contributed by atoms with van der Waals surface area (Å²) >= 11 is 0. The summed E-state index contributed by atoms with van der Waals surface area (Å²) in [5.74, 6) is -0.437. The normalized spacial score (nSPS) is 18.0. The summed E-state index contributed by atoms with van der Waals surface area (Å²) < 4.78 is 51.6. The Kier molecular flexibility index (Phi) is 6.48. The Balaban J connectivity index is 1.75. The fraction of sp³-hybridized carbons (Fsp3) is 0.480. The zero-order valence-electron chi connectivity index (χ0n) is 22.4. The first-order valence-electron chi connectivity index (χ1n) is 12.7. The van der Waals surface area contributed by atoms with Crippen molar-refractivity contribution in [3.63, 3.8) is 0 Å². The SMILES string of the molecule is [2H]C([2H])(NC(=O)N(Cc1ccc(F)cc1)C1CCN(C)CC1)c1ccc(OC([2H])([2H])C(C)C)cc1. The minimum Gasteiger partial charge on any atom is -0.493 e. The van der Waals surface area contributed by atoms with Gasteiger partial charge in [0.1, 0.15) is 11.6 Å². The number of benzene rings is 2. The molecule has 0 unspecified atom stereocenters. The molecule has 5 nitrogen and oxygen atoms in total. The Morgan fingerprint density at radius 2 is 1.77 bits per heavy atom. The second-order valence-corrected chi connectivity index (χ2v) is 8.24. The Hall–Kier alpha value is -2.60. The van der Waals surface area contributed by atoms with Crippen LogP contribution >= 0.6 is 0 Å². The van der Waals surface area contributed by atoms with Gasteiger partial charge in [0.05, 0.1) is 12.0 Å². The summed E-state index contributed by atoms with van der Waals surface area (Å²) in [5.41, 5.74) is 0.982. The molecule has 1 aliphatic heterocycles. The molecule has 2 aromatic rings. The van der Waals surface area contributed by atoms with Crippen LogP contribution in [0.25, 0.3) is 0 Å². The number of halogens is 1. The van der Waals surface area contributed by atoms with E-state index in [0.717, 1.165) is 31.5 Å². The van der Waals surface area contributed by atoms with Crippen molar-refractivity contribution in [1.29, 1.82) is 0 Å². The summed E-state index contributed by atoms with van der Waals surface area (Å²) in [6.07, 6.45) is 1.52. The number of ether oxygens (including phenoxy) is 1. The topological polar surface area (TPSA) is 44.8 Å². The number of hydrogen-bond acceptors (Lipinski definition) is 3. The smallest absolute Gasteiger partial charge is 0.318 e. The highest BCUT2D eigenvalue weighted by atomic mass is 19.1. The molecule has 1 fully saturated rings. The predicted molar refractivity (Wildman–Crippen MR) is 121 cm³/mol. The van der Waals surface area contributed by atoms with Gasteiger partial charge in [0.2, 0.25) is 0 Å². The van der Waals surface area contributed by atoms with E-state index in [0.29, 0.717) is 0 Å². The molecule has 0 aromatic heterocycles. The van der Waals surface area contributed by atoms with Gasteiger partial charge in [-0.05, 0) is 74.3 Å². The monoisotopic (exact) mass is 431 g/mol. The highest BCUT2D eigenvalue weighted by Crippen LogP contribution is 2.19. The number of amides is 2. The molecule has 168 valence electrons. The molecular weight excluding hydrogens is 393 g/mol. The van der Waals surface area contributed by atoms with Crippen molar-refractivity contribution < 1.29 is 19.4 Å². The molecule has 0 atom stereocenters. The maximum absolute atomic E-state index is 13.4. The lowest BCUT2D eigenvalue weighted by Gasteiger charge is -2.37.